The van der Waals surface area contributed by atoms with Crippen molar-refractivity contribution in [3.8, 4) is 34.1 Å². The predicted molar refractivity (Wildman–Crippen MR) is 291 cm³/mol. The van der Waals surface area contributed by atoms with Crippen molar-refractivity contribution in [2.75, 3.05) is 0 Å². The van der Waals surface area contributed by atoms with Crippen molar-refractivity contribution in [3.63, 3.8) is 0 Å². The number of phenolic OH excluding ortho intramolecular Hbond substituents is 4. The summed E-state index contributed by atoms with van der Waals surface area (Å²) in [5, 5.41) is 45.2. The summed E-state index contributed by atoms with van der Waals surface area (Å²) in [5.74, 6) is 0.287. The molecule has 10 aromatic rings. The largest absolute Gasteiger partial charge is 0.507 e. The van der Waals surface area contributed by atoms with Gasteiger partial charge in [0.05, 0.1) is 45.6 Å². The van der Waals surface area contributed by atoms with Crippen molar-refractivity contribution in [2.24, 2.45) is 20.0 Å². The summed E-state index contributed by atoms with van der Waals surface area (Å²) in [6.45, 7) is 0. The zero-order valence-corrected chi connectivity index (χ0v) is 46.2. The Labute approximate surface area is 455 Å². The minimum atomic E-state index is 0. The van der Waals surface area contributed by atoms with Crippen LogP contribution in [0.15, 0.2) is 275 Å². The van der Waals surface area contributed by atoms with Crippen LogP contribution in [0.1, 0.15) is 44.5 Å². The van der Waals surface area contributed by atoms with Crippen molar-refractivity contribution in [1.82, 2.24) is 0 Å². The molecule has 0 aliphatic heterocycles. The van der Waals surface area contributed by atoms with Gasteiger partial charge < -0.3 is 20.4 Å². The summed E-state index contributed by atoms with van der Waals surface area (Å²) in [6.07, 6.45) is 0. The van der Waals surface area contributed by atoms with E-state index in [0.717, 1.165) is 33.4 Å². The number of nitrogens with zero attached hydrogens (tertiary/aromatic N) is 4. The van der Waals surface area contributed by atoms with Gasteiger partial charge in [0.2, 0.25) is 0 Å². The molecule has 0 saturated carbocycles. The molecule has 0 aliphatic carbocycles. The minimum Gasteiger partial charge on any atom is -0.507 e. The van der Waals surface area contributed by atoms with Crippen LogP contribution in [-0.4, -0.2) is 43.3 Å². The van der Waals surface area contributed by atoms with Crippen LogP contribution in [0.4, 0.5) is 22.7 Å². The topological polar surface area (TPSA) is 130 Å². The first-order chi connectivity index (χ1) is 35.4. The Balaban J connectivity index is 0.00000364. The molecule has 0 unspecified atom stereocenters. The maximum Gasteiger partial charge on any atom is 0.124 e. The fourth-order valence-corrected chi connectivity index (χ4v) is 8.46. The maximum absolute atomic E-state index is 11.3. The minimum absolute atomic E-state index is 0. The first kappa shape index (κ1) is 51.7. The number of hydrogen-bond acceptors (Lipinski definition) is 8. The van der Waals surface area contributed by atoms with Gasteiger partial charge in [-0.25, -0.2) is 20.0 Å². The monoisotopic (exact) mass is 1060 g/mol. The van der Waals surface area contributed by atoms with Gasteiger partial charge in [-0.2, -0.15) is 0 Å². The number of aliphatic imine (C=N–C) groups is 4. The second kappa shape index (κ2) is 24.2. The van der Waals surface area contributed by atoms with E-state index in [0.29, 0.717) is 67.9 Å². The van der Waals surface area contributed by atoms with Gasteiger partial charge in [-0.15, -0.1) is 0 Å². The van der Waals surface area contributed by atoms with E-state index in [1.54, 1.807) is 48.5 Å². The number of para-hydroxylation sites is 4. The molecule has 10 rings (SSSR count). The first-order valence-electron chi connectivity index (χ1n) is 23.4. The number of aromatic hydroxyl groups is 4. The van der Waals surface area contributed by atoms with Crippen LogP contribution in [0.2, 0.25) is 0 Å². The zero-order valence-electron chi connectivity index (χ0n) is 40.2. The molecule has 74 heavy (non-hydrogen) atoms. The van der Waals surface area contributed by atoms with Crippen LogP contribution in [0.5, 0.6) is 23.0 Å². The van der Waals surface area contributed by atoms with Crippen LogP contribution in [0.25, 0.3) is 11.1 Å². The third-order valence-electron chi connectivity index (χ3n) is 12.0. The number of phenols is 4. The summed E-state index contributed by atoms with van der Waals surface area (Å²) >= 11 is 0. The Morgan fingerprint density at radius 1 is 0.230 bits per heavy atom. The van der Waals surface area contributed by atoms with E-state index >= 15 is 0 Å². The van der Waals surface area contributed by atoms with E-state index in [4.69, 9.17) is 20.0 Å². The second-order valence-corrected chi connectivity index (χ2v) is 16.8. The molecule has 0 fully saturated rings. The van der Waals surface area contributed by atoms with E-state index in [1.807, 2.05) is 206 Å². The van der Waals surface area contributed by atoms with Crippen molar-refractivity contribution in [2.45, 2.75) is 0 Å². The van der Waals surface area contributed by atoms with Crippen LogP contribution < -0.4 is 0 Å². The van der Waals surface area contributed by atoms with Crippen molar-refractivity contribution < 1.29 is 59.4 Å². The van der Waals surface area contributed by atoms with Gasteiger partial charge in [-0.05, 0) is 83.9 Å². The Bertz CT molecular complexity index is 3440. The third kappa shape index (κ3) is 11.6. The van der Waals surface area contributed by atoms with Crippen molar-refractivity contribution in [1.29, 1.82) is 0 Å². The quantitative estimate of drug-likeness (QED) is 0.0677. The van der Waals surface area contributed by atoms with E-state index in [1.165, 1.54) is 0 Å². The molecule has 0 aliphatic rings. The standard InChI is InChI=1S/C64H46N4O4.2Zn/c69-57-33-17-13-29-49(57)61(43-21-5-1-6-22-43)65-53-39-37-47(41-55(53)67-63(45-25-9-3-10-26-45)51-31-15-19-35-59(51)71)48-38-40-54(66-62(44-23-7-2-8-24-44)50-30-14-18-34-58(50)70)56(42-48)68-64(46-27-11-4-12-28-46)52-32-16-20-36-60(52)72;;/h1-42,69-72H;;. The molecule has 350 valence electrons. The summed E-state index contributed by atoms with van der Waals surface area (Å²) in [5.41, 5.74) is 10.9. The molecule has 4 N–H and O–H groups in total. The first-order valence-corrected chi connectivity index (χ1v) is 23.4. The molecule has 0 bridgehead atoms. The molecular formula is C64H46N4O4Zn2. The van der Waals surface area contributed by atoms with E-state index in [9.17, 15) is 20.4 Å². The molecule has 0 atom stereocenters. The summed E-state index contributed by atoms with van der Waals surface area (Å²) < 4.78 is 0. The van der Waals surface area contributed by atoms with E-state index < -0.39 is 0 Å². The van der Waals surface area contributed by atoms with E-state index in [2.05, 4.69) is 0 Å². The molecule has 0 aromatic heterocycles. The van der Waals surface area contributed by atoms with Gasteiger partial charge in [0.25, 0.3) is 0 Å². The molecule has 0 radical (unpaired) electrons. The molecule has 0 spiro atoms. The average Bonchev–Trinajstić information content (AvgIpc) is 3.43. The molecule has 0 heterocycles. The molecule has 0 amide bonds. The third-order valence-corrected chi connectivity index (χ3v) is 12.0. The molecule has 8 nitrogen and oxygen atoms in total. The number of hydrogen-bond donors (Lipinski definition) is 4. The van der Waals surface area contributed by atoms with Crippen LogP contribution >= 0.6 is 0 Å². The molecule has 10 aromatic carbocycles. The SMILES string of the molecule is Oc1ccccc1C(=Nc1ccc(-c2ccc(N=C(c3ccccc3)c3ccccc3O)c(N=C(c3ccccc3)c3ccccc3O)c2)cc1N=C(c1ccccc1)c1ccccc1O)c1ccccc1.[Zn].[Zn]. The Morgan fingerprint density at radius 2 is 0.446 bits per heavy atom. The Kier molecular flexibility index (Phi) is 16.9. The van der Waals surface area contributed by atoms with Gasteiger partial charge in [0.15, 0.2) is 0 Å². The van der Waals surface area contributed by atoms with E-state index in [-0.39, 0.29) is 62.0 Å². The zero-order chi connectivity index (χ0) is 49.2. The Morgan fingerprint density at radius 3 is 0.689 bits per heavy atom. The second-order valence-electron chi connectivity index (χ2n) is 16.8. The normalized spacial score (nSPS) is 11.8. The number of rotatable bonds is 13. The van der Waals surface area contributed by atoms with Gasteiger partial charge in [0.1, 0.15) is 23.0 Å². The summed E-state index contributed by atoms with van der Waals surface area (Å²) in [6, 6.07) is 78.9. The average molecular weight is 1070 g/mol. The van der Waals surface area contributed by atoms with Crippen LogP contribution in [0, 0.1) is 0 Å². The van der Waals surface area contributed by atoms with Gasteiger partial charge in [-0.1, -0.05) is 182 Å². The predicted octanol–water partition coefficient (Wildman–Crippen LogP) is 14.8. The summed E-state index contributed by atoms with van der Waals surface area (Å²) in [7, 11) is 0. The van der Waals surface area contributed by atoms with Gasteiger partial charge >= 0.3 is 0 Å². The molecule has 0 saturated heterocycles. The maximum atomic E-state index is 11.3. The van der Waals surface area contributed by atoms with Crippen molar-refractivity contribution in [3.05, 3.63) is 299 Å². The van der Waals surface area contributed by atoms with Crippen LogP contribution in [0.3, 0.4) is 0 Å². The van der Waals surface area contributed by atoms with Crippen molar-refractivity contribution >= 4 is 45.6 Å². The Hall–Kier alpha value is -8.67. The fraction of sp³-hybridized carbons (Fsp3) is 0. The summed E-state index contributed by atoms with van der Waals surface area (Å²) in [4.78, 5) is 21.4. The number of benzene rings is 10. The smallest absolute Gasteiger partial charge is 0.124 e. The van der Waals surface area contributed by atoms with Crippen LogP contribution in [-0.2, 0) is 39.0 Å². The fourth-order valence-electron chi connectivity index (χ4n) is 8.46. The molecule has 10 heteroatoms. The van der Waals surface area contributed by atoms with Gasteiger partial charge in [-0.3, -0.25) is 0 Å². The molecular weight excluding hydrogens is 1020 g/mol. The van der Waals surface area contributed by atoms with Gasteiger partial charge in [0, 0.05) is 83.5 Å².